The highest BCUT2D eigenvalue weighted by Crippen LogP contribution is 2.21. The molecule has 0 bridgehead atoms. The van der Waals surface area contributed by atoms with Crippen molar-refractivity contribution >= 4 is 33.2 Å². The van der Waals surface area contributed by atoms with Gasteiger partial charge in [0.15, 0.2) is 0 Å². The molecule has 33 heavy (non-hydrogen) atoms. The van der Waals surface area contributed by atoms with Crippen molar-refractivity contribution in [3.05, 3.63) is 89.0 Å². The van der Waals surface area contributed by atoms with E-state index >= 15 is 0 Å². The Bertz CT molecular complexity index is 1270. The number of likely N-dealkylation sites (N-methyl/N-ethyl adjacent to an activating group) is 1. The van der Waals surface area contributed by atoms with Crippen molar-refractivity contribution in [2.45, 2.75) is 25.7 Å². The number of nitrogens with one attached hydrogen (secondary N) is 2. The average molecular weight is 466 g/mol. The van der Waals surface area contributed by atoms with E-state index in [0.29, 0.717) is 16.9 Å². The first kappa shape index (κ1) is 24.0. The summed E-state index contributed by atoms with van der Waals surface area (Å²) in [6.45, 7) is 5.40. The van der Waals surface area contributed by atoms with Gasteiger partial charge in [0.25, 0.3) is 15.9 Å². The number of aryl methyl sites for hydroxylation is 3. The van der Waals surface area contributed by atoms with Crippen LogP contribution in [-0.2, 0) is 14.8 Å². The van der Waals surface area contributed by atoms with Gasteiger partial charge < -0.3 is 10.2 Å². The lowest BCUT2D eigenvalue weighted by atomic mass is 10.1. The number of hydrogen-bond donors (Lipinski definition) is 2. The van der Waals surface area contributed by atoms with E-state index in [1.807, 2.05) is 26.0 Å². The summed E-state index contributed by atoms with van der Waals surface area (Å²) >= 11 is 0. The highest BCUT2D eigenvalue weighted by molar-refractivity contribution is 7.92. The van der Waals surface area contributed by atoms with E-state index in [1.54, 1.807) is 49.4 Å². The summed E-state index contributed by atoms with van der Waals surface area (Å²) in [6, 6.07) is 18.7. The molecular formula is C25H27N3O4S. The Kier molecular flexibility index (Phi) is 7.18. The number of sulfonamides is 1. The van der Waals surface area contributed by atoms with Gasteiger partial charge in [-0.05, 0) is 62.7 Å². The Labute approximate surface area is 194 Å². The predicted molar refractivity (Wildman–Crippen MR) is 130 cm³/mol. The maximum Gasteiger partial charge on any atom is 0.261 e. The second kappa shape index (κ2) is 9.87. The van der Waals surface area contributed by atoms with Crippen molar-refractivity contribution in [3.63, 3.8) is 0 Å². The van der Waals surface area contributed by atoms with Crippen LogP contribution in [-0.4, -0.2) is 38.7 Å². The molecule has 0 heterocycles. The lowest BCUT2D eigenvalue weighted by Crippen LogP contribution is -2.35. The van der Waals surface area contributed by atoms with Crippen LogP contribution in [0.3, 0.4) is 0 Å². The van der Waals surface area contributed by atoms with E-state index in [0.717, 1.165) is 11.1 Å². The minimum Gasteiger partial charge on any atom is -0.332 e. The summed E-state index contributed by atoms with van der Waals surface area (Å²) in [5.74, 6) is -0.795. The highest BCUT2D eigenvalue weighted by Gasteiger charge is 2.21. The standard InChI is InChI=1S/C25H27N3O4S/c1-17-5-10-20(11-6-17)26-24(29)16-28(4)25(30)23-15-22(14-9-19(23)3)33(31,32)27-21-12-7-18(2)8-13-21/h5-15,27H,16H2,1-4H3,(H,26,29). The Hall–Kier alpha value is -3.65. The number of rotatable bonds is 7. The number of carbonyl (C=O) groups excluding carboxylic acids is 2. The monoisotopic (exact) mass is 465 g/mol. The maximum absolute atomic E-state index is 13.0. The Morgan fingerprint density at radius 3 is 1.94 bits per heavy atom. The average Bonchev–Trinajstić information content (AvgIpc) is 2.76. The number of carbonyl (C=O) groups is 2. The van der Waals surface area contributed by atoms with Crippen molar-refractivity contribution in [1.29, 1.82) is 0 Å². The molecule has 3 aromatic rings. The van der Waals surface area contributed by atoms with Gasteiger partial charge in [-0.2, -0.15) is 0 Å². The quantitative estimate of drug-likeness (QED) is 0.549. The third-order valence-corrected chi connectivity index (χ3v) is 6.50. The number of nitrogens with zero attached hydrogens (tertiary/aromatic N) is 1. The van der Waals surface area contributed by atoms with Crippen LogP contribution < -0.4 is 10.0 Å². The minimum absolute atomic E-state index is 0.0328. The van der Waals surface area contributed by atoms with Gasteiger partial charge in [-0.3, -0.25) is 14.3 Å². The highest BCUT2D eigenvalue weighted by atomic mass is 32.2. The second-order valence-corrected chi connectivity index (χ2v) is 9.71. The van der Waals surface area contributed by atoms with E-state index in [1.165, 1.54) is 24.1 Å². The van der Waals surface area contributed by atoms with Gasteiger partial charge in [-0.25, -0.2) is 8.42 Å². The Morgan fingerprint density at radius 2 is 1.36 bits per heavy atom. The fraction of sp³-hybridized carbons (Fsp3) is 0.200. The second-order valence-electron chi connectivity index (χ2n) is 8.02. The van der Waals surface area contributed by atoms with E-state index in [4.69, 9.17) is 0 Å². The SMILES string of the molecule is Cc1ccc(NC(=O)CN(C)C(=O)c2cc(S(=O)(=O)Nc3ccc(C)cc3)ccc2C)cc1. The summed E-state index contributed by atoms with van der Waals surface area (Å²) in [4.78, 5) is 26.6. The largest absolute Gasteiger partial charge is 0.332 e. The molecule has 0 aliphatic carbocycles. The summed E-state index contributed by atoms with van der Waals surface area (Å²) < 4.78 is 28.2. The summed E-state index contributed by atoms with van der Waals surface area (Å²) in [7, 11) is -2.39. The van der Waals surface area contributed by atoms with Crippen LogP contribution in [0.5, 0.6) is 0 Å². The van der Waals surface area contributed by atoms with Crippen molar-refractivity contribution in [2.24, 2.45) is 0 Å². The molecule has 0 saturated carbocycles. The van der Waals surface area contributed by atoms with Crippen LogP contribution in [0, 0.1) is 20.8 Å². The third kappa shape index (κ3) is 6.20. The normalized spacial score (nSPS) is 11.0. The number of hydrogen-bond acceptors (Lipinski definition) is 4. The van der Waals surface area contributed by atoms with Crippen LogP contribution in [0.15, 0.2) is 71.6 Å². The number of benzene rings is 3. The maximum atomic E-state index is 13.0. The van der Waals surface area contributed by atoms with Crippen molar-refractivity contribution in [2.75, 3.05) is 23.6 Å². The summed E-state index contributed by atoms with van der Waals surface area (Å²) in [5.41, 5.74) is 3.97. The summed E-state index contributed by atoms with van der Waals surface area (Å²) in [6.07, 6.45) is 0. The number of amides is 2. The van der Waals surface area contributed by atoms with Crippen LogP contribution in [0.2, 0.25) is 0 Å². The van der Waals surface area contributed by atoms with Crippen molar-refractivity contribution in [3.8, 4) is 0 Å². The molecule has 0 fully saturated rings. The Morgan fingerprint density at radius 1 is 0.818 bits per heavy atom. The molecule has 172 valence electrons. The molecule has 0 aromatic heterocycles. The van der Waals surface area contributed by atoms with Crippen molar-refractivity contribution < 1.29 is 18.0 Å². The van der Waals surface area contributed by atoms with Crippen LogP contribution in [0.1, 0.15) is 27.0 Å². The zero-order valence-electron chi connectivity index (χ0n) is 19.0. The molecule has 0 saturated heterocycles. The predicted octanol–water partition coefficient (Wildman–Crippen LogP) is 4.12. The minimum atomic E-state index is -3.89. The first-order valence-electron chi connectivity index (χ1n) is 10.4. The van der Waals surface area contributed by atoms with Crippen LogP contribution in [0.4, 0.5) is 11.4 Å². The molecule has 3 rings (SSSR count). The van der Waals surface area contributed by atoms with E-state index in [2.05, 4.69) is 10.0 Å². The smallest absolute Gasteiger partial charge is 0.261 e. The molecular weight excluding hydrogens is 438 g/mol. The summed E-state index contributed by atoms with van der Waals surface area (Å²) in [5, 5.41) is 2.75. The fourth-order valence-electron chi connectivity index (χ4n) is 3.16. The van der Waals surface area contributed by atoms with Gasteiger partial charge in [-0.15, -0.1) is 0 Å². The molecule has 2 N–H and O–H groups in total. The van der Waals surface area contributed by atoms with E-state index < -0.39 is 15.9 Å². The van der Waals surface area contributed by atoms with Gasteiger partial charge in [0, 0.05) is 24.0 Å². The molecule has 0 unspecified atom stereocenters. The first-order chi connectivity index (χ1) is 15.5. The molecule has 0 atom stereocenters. The van der Waals surface area contributed by atoms with Gasteiger partial charge in [0.1, 0.15) is 0 Å². The molecule has 0 radical (unpaired) electrons. The molecule has 3 aromatic carbocycles. The fourth-order valence-corrected chi connectivity index (χ4v) is 4.25. The molecule has 0 aliphatic rings. The zero-order valence-corrected chi connectivity index (χ0v) is 19.9. The van der Waals surface area contributed by atoms with Gasteiger partial charge in [0.2, 0.25) is 5.91 Å². The van der Waals surface area contributed by atoms with Gasteiger partial charge in [-0.1, -0.05) is 41.5 Å². The number of anilines is 2. The molecule has 0 aliphatic heterocycles. The lowest BCUT2D eigenvalue weighted by molar-refractivity contribution is -0.116. The Balaban J connectivity index is 1.74. The molecule has 7 nitrogen and oxygen atoms in total. The van der Waals surface area contributed by atoms with Gasteiger partial charge in [0.05, 0.1) is 11.4 Å². The first-order valence-corrected chi connectivity index (χ1v) is 11.9. The van der Waals surface area contributed by atoms with E-state index in [-0.39, 0.29) is 22.9 Å². The lowest BCUT2D eigenvalue weighted by Gasteiger charge is -2.19. The van der Waals surface area contributed by atoms with Crippen molar-refractivity contribution in [1.82, 2.24) is 4.90 Å². The third-order valence-electron chi connectivity index (χ3n) is 5.12. The van der Waals surface area contributed by atoms with E-state index in [9.17, 15) is 18.0 Å². The topological polar surface area (TPSA) is 95.6 Å². The molecule has 0 spiro atoms. The van der Waals surface area contributed by atoms with Crippen LogP contribution >= 0.6 is 0 Å². The van der Waals surface area contributed by atoms with Crippen LogP contribution in [0.25, 0.3) is 0 Å². The molecule has 2 amide bonds. The van der Waals surface area contributed by atoms with Gasteiger partial charge >= 0.3 is 0 Å². The zero-order chi connectivity index (χ0) is 24.2. The molecule has 8 heteroatoms.